The van der Waals surface area contributed by atoms with Crippen molar-refractivity contribution in [3.8, 4) is 11.1 Å². The maximum atomic E-state index is 13.0. The number of halogens is 3. The van der Waals surface area contributed by atoms with Gasteiger partial charge in [0.25, 0.3) is 0 Å². The van der Waals surface area contributed by atoms with Crippen LogP contribution in [-0.4, -0.2) is 30.8 Å². The van der Waals surface area contributed by atoms with Crippen molar-refractivity contribution in [2.75, 3.05) is 5.32 Å². The Hall–Kier alpha value is -4.21. The first-order chi connectivity index (χ1) is 17.2. The predicted octanol–water partition coefficient (Wildman–Crippen LogP) is 6.03. The Morgan fingerprint density at radius 3 is 2.75 bits per heavy atom. The lowest BCUT2D eigenvalue weighted by Crippen LogP contribution is -2.18. The van der Waals surface area contributed by atoms with Gasteiger partial charge in [0.15, 0.2) is 0 Å². The molecule has 1 atom stereocenters. The van der Waals surface area contributed by atoms with Gasteiger partial charge in [-0.05, 0) is 78.8 Å². The fourth-order valence-electron chi connectivity index (χ4n) is 4.58. The van der Waals surface area contributed by atoms with Crippen LogP contribution in [0.3, 0.4) is 0 Å². The first-order valence-electron chi connectivity index (χ1n) is 11.4. The number of nitrogens with one attached hydrogen (secondary N) is 1. The predicted molar refractivity (Wildman–Crippen MR) is 127 cm³/mol. The number of aromatic carboxylic acids is 1. The van der Waals surface area contributed by atoms with E-state index in [1.54, 1.807) is 24.4 Å². The van der Waals surface area contributed by atoms with Crippen molar-refractivity contribution in [1.29, 1.82) is 0 Å². The number of hydrogen-bond acceptors (Lipinski definition) is 5. The highest BCUT2D eigenvalue weighted by Gasteiger charge is 2.32. The quantitative estimate of drug-likeness (QED) is 0.352. The summed E-state index contributed by atoms with van der Waals surface area (Å²) < 4.78 is 40.9. The van der Waals surface area contributed by atoms with Gasteiger partial charge in [0.2, 0.25) is 5.95 Å². The molecule has 10 heteroatoms. The van der Waals surface area contributed by atoms with E-state index in [2.05, 4.69) is 20.4 Å². The molecule has 2 aromatic heterocycles. The van der Waals surface area contributed by atoms with Crippen molar-refractivity contribution in [2.45, 2.75) is 38.4 Å². The van der Waals surface area contributed by atoms with Gasteiger partial charge in [0, 0.05) is 23.6 Å². The zero-order valence-electron chi connectivity index (χ0n) is 19.3. The smallest absolute Gasteiger partial charge is 0.433 e. The number of fused-ring (bicyclic) bond motifs is 1. The van der Waals surface area contributed by atoms with Gasteiger partial charge in [-0.15, -0.1) is 0 Å². The highest BCUT2D eigenvalue weighted by Crippen LogP contribution is 2.35. The molecule has 2 aromatic carbocycles. The molecular formula is C26H22F3N5O2. The fourth-order valence-corrected chi connectivity index (χ4v) is 4.58. The van der Waals surface area contributed by atoms with E-state index >= 15 is 0 Å². The molecule has 0 bridgehead atoms. The van der Waals surface area contributed by atoms with Crippen LogP contribution >= 0.6 is 0 Å². The molecule has 1 aliphatic carbocycles. The summed E-state index contributed by atoms with van der Waals surface area (Å²) in [6.07, 6.45) is 2.83. The van der Waals surface area contributed by atoms with Crippen LogP contribution in [0.4, 0.5) is 24.8 Å². The molecule has 5 rings (SSSR count). The third kappa shape index (κ3) is 4.79. The van der Waals surface area contributed by atoms with E-state index in [1.807, 2.05) is 36.0 Å². The summed E-state index contributed by atoms with van der Waals surface area (Å²) in [7, 11) is 0. The highest BCUT2D eigenvalue weighted by molar-refractivity contribution is 5.88. The first kappa shape index (κ1) is 23.5. The van der Waals surface area contributed by atoms with Crippen LogP contribution in [0.15, 0.2) is 61.1 Å². The summed E-state index contributed by atoms with van der Waals surface area (Å²) in [5.74, 6) is -1.09. The molecule has 0 saturated carbocycles. The van der Waals surface area contributed by atoms with Crippen LogP contribution < -0.4 is 5.32 Å². The maximum absolute atomic E-state index is 13.0. The molecule has 0 radical (unpaired) electrons. The first-order valence-corrected chi connectivity index (χ1v) is 11.4. The standard InChI is InChI=1S/C26H22F3N5O2/c1-15-9-18(12-20(10-15)32-25-30-8-7-23(33-25)26(27,28)29)19-13-31-34(14-19)22-4-2-3-16-11-17(24(35)36)5-6-21(16)22/h5-14,22H,2-4H2,1H3,(H,35,36)(H,30,32,33). The van der Waals surface area contributed by atoms with Crippen LogP contribution in [0, 0.1) is 6.92 Å². The fraction of sp³-hybridized carbons (Fsp3) is 0.231. The summed E-state index contributed by atoms with van der Waals surface area (Å²) in [6, 6.07) is 11.6. The third-order valence-corrected chi connectivity index (χ3v) is 6.21. The number of aryl methyl sites for hydroxylation is 2. The molecule has 0 spiro atoms. The zero-order chi connectivity index (χ0) is 25.4. The monoisotopic (exact) mass is 493 g/mol. The Labute approximate surface area is 204 Å². The van der Waals surface area contributed by atoms with E-state index in [4.69, 9.17) is 0 Å². The Morgan fingerprint density at radius 1 is 1.14 bits per heavy atom. The largest absolute Gasteiger partial charge is 0.478 e. The lowest BCUT2D eigenvalue weighted by molar-refractivity contribution is -0.141. The lowest BCUT2D eigenvalue weighted by Gasteiger charge is -2.26. The average Bonchev–Trinajstić information content (AvgIpc) is 3.33. The molecule has 0 saturated heterocycles. The van der Waals surface area contributed by atoms with E-state index in [0.717, 1.165) is 59.3 Å². The second kappa shape index (κ2) is 9.10. The van der Waals surface area contributed by atoms with Crippen molar-refractivity contribution in [3.63, 3.8) is 0 Å². The van der Waals surface area contributed by atoms with Gasteiger partial charge in [0.1, 0.15) is 5.69 Å². The number of anilines is 2. The maximum Gasteiger partial charge on any atom is 0.433 e. The number of aromatic nitrogens is 4. The Kier molecular flexibility index (Phi) is 5.95. The minimum absolute atomic E-state index is 0.00809. The molecule has 184 valence electrons. The molecule has 2 heterocycles. The molecule has 4 aromatic rings. The van der Waals surface area contributed by atoms with Gasteiger partial charge in [-0.2, -0.15) is 18.3 Å². The summed E-state index contributed by atoms with van der Waals surface area (Å²) in [6.45, 7) is 1.89. The van der Waals surface area contributed by atoms with E-state index < -0.39 is 17.8 Å². The van der Waals surface area contributed by atoms with Crippen LogP contribution in [0.2, 0.25) is 0 Å². The normalized spacial score (nSPS) is 15.4. The Morgan fingerprint density at radius 2 is 1.97 bits per heavy atom. The van der Waals surface area contributed by atoms with E-state index in [-0.39, 0.29) is 17.6 Å². The van der Waals surface area contributed by atoms with Gasteiger partial charge < -0.3 is 10.4 Å². The lowest BCUT2D eigenvalue weighted by atomic mass is 9.86. The molecule has 7 nitrogen and oxygen atoms in total. The number of nitrogens with zero attached hydrogens (tertiary/aromatic N) is 4. The number of benzene rings is 2. The van der Waals surface area contributed by atoms with Crippen LogP contribution in [0.1, 0.15) is 51.6 Å². The molecule has 2 N–H and O–H groups in total. The van der Waals surface area contributed by atoms with Gasteiger partial charge in [-0.1, -0.05) is 12.1 Å². The highest BCUT2D eigenvalue weighted by atomic mass is 19.4. The third-order valence-electron chi connectivity index (χ3n) is 6.21. The molecular weight excluding hydrogens is 471 g/mol. The summed E-state index contributed by atoms with van der Waals surface area (Å²) in [5.41, 5.74) is 4.49. The summed E-state index contributed by atoms with van der Waals surface area (Å²) in [4.78, 5) is 18.8. The number of alkyl halides is 3. The average molecular weight is 493 g/mol. The topological polar surface area (TPSA) is 92.9 Å². The molecule has 36 heavy (non-hydrogen) atoms. The van der Waals surface area contributed by atoms with Gasteiger partial charge >= 0.3 is 12.1 Å². The van der Waals surface area contributed by atoms with Crippen molar-refractivity contribution < 1.29 is 23.1 Å². The zero-order valence-corrected chi connectivity index (χ0v) is 19.3. The molecule has 0 aliphatic heterocycles. The number of carboxylic acids is 1. The molecule has 0 fully saturated rings. The minimum atomic E-state index is -4.56. The van der Waals surface area contributed by atoms with Crippen LogP contribution in [0.25, 0.3) is 11.1 Å². The number of rotatable bonds is 5. The van der Waals surface area contributed by atoms with Gasteiger partial charge in [-0.25, -0.2) is 14.8 Å². The Bertz CT molecular complexity index is 1450. The van der Waals surface area contributed by atoms with Crippen molar-refractivity contribution >= 4 is 17.6 Å². The Balaban J connectivity index is 1.42. The second-order valence-corrected chi connectivity index (χ2v) is 8.81. The number of carbonyl (C=O) groups is 1. The molecule has 1 unspecified atom stereocenters. The van der Waals surface area contributed by atoms with E-state index in [1.165, 1.54) is 0 Å². The summed E-state index contributed by atoms with van der Waals surface area (Å²) >= 11 is 0. The van der Waals surface area contributed by atoms with Gasteiger partial charge in [0.05, 0.1) is 17.8 Å². The SMILES string of the molecule is Cc1cc(Nc2nccc(C(F)(F)F)n2)cc(-c2cnn(C3CCCc4cc(C(=O)O)ccc43)c2)c1. The van der Waals surface area contributed by atoms with Gasteiger partial charge in [-0.3, -0.25) is 4.68 Å². The second-order valence-electron chi connectivity index (χ2n) is 8.81. The van der Waals surface area contributed by atoms with Crippen LogP contribution in [-0.2, 0) is 12.6 Å². The van der Waals surface area contributed by atoms with Crippen molar-refractivity contribution in [2.24, 2.45) is 0 Å². The van der Waals surface area contributed by atoms with Crippen molar-refractivity contribution in [1.82, 2.24) is 19.7 Å². The van der Waals surface area contributed by atoms with E-state index in [0.29, 0.717) is 5.69 Å². The summed E-state index contributed by atoms with van der Waals surface area (Å²) in [5, 5.41) is 16.8. The number of carboxylic acid groups (broad SMARTS) is 1. The molecule has 1 aliphatic rings. The number of hydrogen-bond donors (Lipinski definition) is 2. The van der Waals surface area contributed by atoms with E-state index in [9.17, 15) is 23.1 Å². The van der Waals surface area contributed by atoms with Crippen LogP contribution in [0.5, 0.6) is 0 Å². The molecule has 0 amide bonds. The minimum Gasteiger partial charge on any atom is -0.478 e. The van der Waals surface area contributed by atoms with Crippen molar-refractivity contribution in [3.05, 3.63) is 89.0 Å².